The second-order valence-electron chi connectivity index (χ2n) is 4.86. The van der Waals surface area contributed by atoms with Gasteiger partial charge in [-0.15, -0.1) is 0 Å². The summed E-state index contributed by atoms with van der Waals surface area (Å²) in [4.78, 5) is 0. The van der Waals surface area contributed by atoms with Gasteiger partial charge in [-0.3, -0.25) is 0 Å². The SMILES string of the molecule is CCC=C1C2C=CC=CC2C2C=CC=CC12. The number of allylic oxidation sites excluding steroid dienone is 10. The van der Waals surface area contributed by atoms with E-state index in [-0.39, 0.29) is 0 Å². The van der Waals surface area contributed by atoms with Gasteiger partial charge in [-0.05, 0) is 18.3 Å². The standard InChI is InChI=1S/C16H18/c1-2-7-12-13-8-3-5-10-15(13)16-11-6-4-9-14(12)16/h3-11,13-16H,2H2,1H3. The van der Waals surface area contributed by atoms with Crippen LogP contribution in [0.5, 0.6) is 0 Å². The molecule has 0 heteroatoms. The van der Waals surface area contributed by atoms with Gasteiger partial charge in [0.05, 0.1) is 0 Å². The van der Waals surface area contributed by atoms with Gasteiger partial charge in [0.2, 0.25) is 0 Å². The third kappa shape index (κ3) is 1.36. The van der Waals surface area contributed by atoms with Gasteiger partial charge in [0, 0.05) is 11.8 Å². The molecule has 0 amide bonds. The highest BCUT2D eigenvalue weighted by molar-refractivity contribution is 5.39. The summed E-state index contributed by atoms with van der Waals surface area (Å²) in [6.07, 6.45) is 22.0. The third-order valence-corrected chi connectivity index (χ3v) is 4.01. The first-order valence-corrected chi connectivity index (χ1v) is 6.31. The van der Waals surface area contributed by atoms with Crippen molar-refractivity contribution >= 4 is 0 Å². The van der Waals surface area contributed by atoms with Crippen molar-refractivity contribution in [2.75, 3.05) is 0 Å². The largest absolute Gasteiger partial charge is 0.0844 e. The molecule has 0 saturated heterocycles. The van der Waals surface area contributed by atoms with Gasteiger partial charge in [-0.2, -0.15) is 0 Å². The van der Waals surface area contributed by atoms with Gasteiger partial charge < -0.3 is 0 Å². The van der Waals surface area contributed by atoms with E-state index in [1.165, 1.54) is 0 Å². The Morgan fingerprint density at radius 2 is 1.38 bits per heavy atom. The smallest absolute Gasteiger partial charge is 0.00549 e. The van der Waals surface area contributed by atoms with Crippen molar-refractivity contribution in [3.05, 3.63) is 60.3 Å². The molecule has 0 aromatic heterocycles. The zero-order valence-corrected chi connectivity index (χ0v) is 9.71. The predicted octanol–water partition coefficient (Wildman–Crippen LogP) is 4.05. The van der Waals surface area contributed by atoms with Gasteiger partial charge in [-0.1, -0.05) is 67.2 Å². The highest BCUT2D eigenvalue weighted by Crippen LogP contribution is 2.50. The van der Waals surface area contributed by atoms with Crippen LogP contribution in [-0.2, 0) is 0 Å². The van der Waals surface area contributed by atoms with Gasteiger partial charge in [0.15, 0.2) is 0 Å². The molecule has 0 heterocycles. The Bertz CT molecular complexity index is 381. The number of fused-ring (bicyclic) bond motifs is 3. The number of rotatable bonds is 1. The second kappa shape index (κ2) is 3.93. The van der Waals surface area contributed by atoms with E-state index in [9.17, 15) is 0 Å². The van der Waals surface area contributed by atoms with Crippen LogP contribution in [0.2, 0.25) is 0 Å². The van der Waals surface area contributed by atoms with E-state index in [1.807, 2.05) is 0 Å². The fraction of sp³-hybridized carbons (Fsp3) is 0.375. The molecule has 16 heavy (non-hydrogen) atoms. The first-order chi connectivity index (χ1) is 7.92. The van der Waals surface area contributed by atoms with E-state index in [0.29, 0.717) is 23.7 Å². The minimum atomic E-state index is 0.646. The van der Waals surface area contributed by atoms with Crippen LogP contribution in [0.4, 0.5) is 0 Å². The molecule has 1 fully saturated rings. The molecule has 0 aromatic carbocycles. The van der Waals surface area contributed by atoms with Crippen LogP contribution in [0.25, 0.3) is 0 Å². The minimum Gasteiger partial charge on any atom is -0.0844 e. The molecule has 82 valence electrons. The van der Waals surface area contributed by atoms with Gasteiger partial charge >= 0.3 is 0 Å². The average Bonchev–Trinajstić information content (AvgIpc) is 2.66. The zero-order chi connectivity index (χ0) is 11.0. The first kappa shape index (κ1) is 9.89. The summed E-state index contributed by atoms with van der Waals surface area (Å²) in [7, 11) is 0. The second-order valence-corrected chi connectivity index (χ2v) is 4.86. The topological polar surface area (TPSA) is 0 Å². The summed E-state index contributed by atoms with van der Waals surface area (Å²) < 4.78 is 0. The number of hydrogen-bond acceptors (Lipinski definition) is 0. The maximum absolute atomic E-state index is 2.44. The van der Waals surface area contributed by atoms with Crippen LogP contribution < -0.4 is 0 Å². The van der Waals surface area contributed by atoms with Crippen molar-refractivity contribution < 1.29 is 0 Å². The van der Waals surface area contributed by atoms with Crippen molar-refractivity contribution in [1.29, 1.82) is 0 Å². The molecule has 3 aliphatic carbocycles. The monoisotopic (exact) mass is 210 g/mol. The van der Waals surface area contributed by atoms with Crippen LogP contribution in [0.15, 0.2) is 60.3 Å². The Hall–Kier alpha value is -1.30. The Labute approximate surface area is 97.7 Å². The molecule has 0 aliphatic heterocycles. The number of hydrogen-bond donors (Lipinski definition) is 0. The molecule has 0 radical (unpaired) electrons. The summed E-state index contributed by atoms with van der Waals surface area (Å²) in [6.45, 7) is 2.24. The van der Waals surface area contributed by atoms with Gasteiger partial charge in [0.1, 0.15) is 0 Å². The Kier molecular flexibility index (Phi) is 2.43. The van der Waals surface area contributed by atoms with Crippen LogP contribution in [0, 0.1) is 23.7 Å². The lowest BCUT2D eigenvalue weighted by molar-refractivity contribution is 0.461. The van der Waals surface area contributed by atoms with Crippen molar-refractivity contribution in [3.63, 3.8) is 0 Å². The van der Waals surface area contributed by atoms with Gasteiger partial charge in [-0.25, -0.2) is 0 Å². The molecule has 1 saturated carbocycles. The predicted molar refractivity (Wildman–Crippen MR) is 68.9 cm³/mol. The van der Waals surface area contributed by atoms with E-state index in [1.54, 1.807) is 5.57 Å². The maximum Gasteiger partial charge on any atom is 0.00549 e. The van der Waals surface area contributed by atoms with E-state index in [2.05, 4.69) is 61.6 Å². The van der Waals surface area contributed by atoms with Crippen LogP contribution in [0.1, 0.15) is 13.3 Å². The van der Waals surface area contributed by atoms with Crippen molar-refractivity contribution in [2.45, 2.75) is 13.3 Å². The summed E-state index contributed by atoms with van der Waals surface area (Å²) in [6, 6.07) is 0. The van der Waals surface area contributed by atoms with Crippen LogP contribution >= 0.6 is 0 Å². The molecule has 3 aliphatic rings. The lowest BCUT2D eigenvalue weighted by Crippen LogP contribution is -2.14. The van der Waals surface area contributed by atoms with E-state index < -0.39 is 0 Å². The molecular formula is C16H18. The van der Waals surface area contributed by atoms with E-state index >= 15 is 0 Å². The van der Waals surface area contributed by atoms with Crippen molar-refractivity contribution in [2.24, 2.45) is 23.7 Å². The van der Waals surface area contributed by atoms with Crippen LogP contribution in [0.3, 0.4) is 0 Å². The third-order valence-electron chi connectivity index (χ3n) is 4.01. The molecule has 0 spiro atoms. The summed E-state index contributed by atoms with van der Waals surface area (Å²) in [5.41, 5.74) is 1.64. The molecule has 0 nitrogen and oxygen atoms in total. The maximum atomic E-state index is 2.44. The lowest BCUT2D eigenvalue weighted by atomic mass is 9.83. The van der Waals surface area contributed by atoms with Crippen molar-refractivity contribution in [3.8, 4) is 0 Å². The zero-order valence-electron chi connectivity index (χ0n) is 9.71. The summed E-state index contributed by atoms with van der Waals surface area (Å²) in [5, 5.41) is 0. The normalized spacial score (nSPS) is 38.7. The molecule has 4 unspecified atom stereocenters. The minimum absolute atomic E-state index is 0.646. The fourth-order valence-electron chi connectivity index (χ4n) is 3.38. The van der Waals surface area contributed by atoms with E-state index in [4.69, 9.17) is 0 Å². The molecule has 4 atom stereocenters. The summed E-state index contributed by atoms with van der Waals surface area (Å²) >= 11 is 0. The van der Waals surface area contributed by atoms with E-state index in [0.717, 1.165) is 6.42 Å². The Morgan fingerprint density at radius 3 is 1.88 bits per heavy atom. The molecule has 3 rings (SSSR count). The molecule has 0 bridgehead atoms. The van der Waals surface area contributed by atoms with Crippen molar-refractivity contribution in [1.82, 2.24) is 0 Å². The molecule has 0 N–H and O–H groups in total. The fourth-order valence-corrected chi connectivity index (χ4v) is 3.38. The Balaban J connectivity index is 2.04. The highest BCUT2D eigenvalue weighted by atomic mass is 14.5. The first-order valence-electron chi connectivity index (χ1n) is 6.31. The Morgan fingerprint density at radius 1 is 0.875 bits per heavy atom. The average molecular weight is 210 g/mol. The van der Waals surface area contributed by atoms with Crippen LogP contribution in [-0.4, -0.2) is 0 Å². The highest BCUT2D eigenvalue weighted by Gasteiger charge is 2.42. The molecule has 0 aromatic rings. The molecular weight excluding hydrogens is 192 g/mol. The quantitative estimate of drug-likeness (QED) is 0.573. The van der Waals surface area contributed by atoms with Gasteiger partial charge in [0.25, 0.3) is 0 Å². The summed E-state index contributed by atoms with van der Waals surface area (Å²) in [5.74, 6) is 2.67. The lowest BCUT2D eigenvalue weighted by Gasteiger charge is -2.21.